The molecule has 1 aliphatic carbocycles. The molecule has 2 atom stereocenters. The number of hydrogen-bond acceptors (Lipinski definition) is 5. The fourth-order valence-corrected chi connectivity index (χ4v) is 2.96. The zero-order valence-corrected chi connectivity index (χ0v) is 14.5. The minimum Gasteiger partial charge on any atom is -0.493 e. The van der Waals surface area contributed by atoms with Crippen LogP contribution in [0.15, 0.2) is 18.2 Å². The first-order valence-corrected chi connectivity index (χ1v) is 8.23. The van der Waals surface area contributed by atoms with Gasteiger partial charge < -0.3 is 19.5 Å². The number of carbonyl (C=O) groups is 2. The lowest BCUT2D eigenvalue weighted by Crippen LogP contribution is -2.42. The van der Waals surface area contributed by atoms with Gasteiger partial charge in [0.05, 0.1) is 19.8 Å². The highest BCUT2D eigenvalue weighted by atomic mass is 16.5. The van der Waals surface area contributed by atoms with Crippen LogP contribution in [-0.2, 0) is 9.53 Å². The summed E-state index contributed by atoms with van der Waals surface area (Å²) < 4.78 is 15.4. The Morgan fingerprint density at radius 2 is 1.83 bits per heavy atom. The fraction of sp³-hybridized carbons (Fsp3) is 0.556. The van der Waals surface area contributed by atoms with Gasteiger partial charge in [0.2, 0.25) is 0 Å². The Kier molecular flexibility index (Phi) is 6.46. The number of esters is 1. The van der Waals surface area contributed by atoms with Crippen molar-refractivity contribution < 1.29 is 23.8 Å². The zero-order chi connectivity index (χ0) is 17.5. The Hall–Kier alpha value is -2.24. The van der Waals surface area contributed by atoms with Gasteiger partial charge in [-0.3, -0.25) is 4.79 Å². The minimum atomic E-state index is -0.567. The number of methoxy groups -OCH3 is 2. The maximum Gasteiger partial charge on any atom is 0.338 e. The van der Waals surface area contributed by atoms with Gasteiger partial charge in [0.25, 0.3) is 5.91 Å². The van der Waals surface area contributed by atoms with Gasteiger partial charge >= 0.3 is 5.97 Å². The molecule has 0 spiro atoms. The Morgan fingerprint density at radius 3 is 2.50 bits per heavy atom. The quantitative estimate of drug-likeness (QED) is 0.809. The molecule has 1 fully saturated rings. The van der Waals surface area contributed by atoms with Gasteiger partial charge in [-0.05, 0) is 37.0 Å². The van der Waals surface area contributed by atoms with Crippen LogP contribution in [0.3, 0.4) is 0 Å². The van der Waals surface area contributed by atoms with Crippen LogP contribution < -0.4 is 14.8 Å². The highest BCUT2D eigenvalue weighted by molar-refractivity contribution is 5.92. The van der Waals surface area contributed by atoms with Crippen molar-refractivity contribution in [3.05, 3.63) is 23.8 Å². The first-order chi connectivity index (χ1) is 11.5. The third kappa shape index (κ3) is 4.63. The van der Waals surface area contributed by atoms with Crippen molar-refractivity contribution >= 4 is 11.9 Å². The van der Waals surface area contributed by atoms with Crippen LogP contribution in [0.2, 0.25) is 0 Å². The molecule has 1 amide bonds. The maximum absolute atomic E-state index is 12.1. The van der Waals surface area contributed by atoms with Crippen LogP contribution in [0, 0.1) is 5.92 Å². The van der Waals surface area contributed by atoms with Gasteiger partial charge in [-0.1, -0.05) is 19.8 Å². The molecule has 0 aromatic heterocycles. The molecule has 0 heterocycles. The summed E-state index contributed by atoms with van der Waals surface area (Å²) in [6.07, 6.45) is 4.44. The molecular formula is C18H25NO5. The van der Waals surface area contributed by atoms with Crippen molar-refractivity contribution in [2.75, 3.05) is 20.8 Å². The normalized spacial score (nSPS) is 20.1. The summed E-state index contributed by atoms with van der Waals surface area (Å²) >= 11 is 0. The average molecular weight is 335 g/mol. The molecule has 0 bridgehead atoms. The second-order valence-corrected chi connectivity index (χ2v) is 6.08. The van der Waals surface area contributed by atoms with E-state index in [-0.39, 0.29) is 18.6 Å². The first-order valence-electron chi connectivity index (χ1n) is 8.23. The molecule has 0 saturated heterocycles. The molecule has 6 heteroatoms. The lowest BCUT2D eigenvalue weighted by atomic mass is 9.86. The fourth-order valence-electron chi connectivity index (χ4n) is 2.96. The van der Waals surface area contributed by atoms with E-state index >= 15 is 0 Å². The van der Waals surface area contributed by atoms with Gasteiger partial charge in [-0.2, -0.15) is 0 Å². The van der Waals surface area contributed by atoms with Crippen molar-refractivity contribution in [3.63, 3.8) is 0 Å². The molecule has 1 aliphatic rings. The molecule has 0 radical (unpaired) electrons. The number of hydrogen-bond donors (Lipinski definition) is 1. The molecule has 1 aromatic rings. The second-order valence-electron chi connectivity index (χ2n) is 6.08. The maximum atomic E-state index is 12.1. The Balaban J connectivity index is 1.87. The Labute approximate surface area is 142 Å². The van der Waals surface area contributed by atoms with E-state index < -0.39 is 5.97 Å². The summed E-state index contributed by atoms with van der Waals surface area (Å²) in [5.41, 5.74) is 0.312. The van der Waals surface area contributed by atoms with Gasteiger partial charge in [-0.15, -0.1) is 0 Å². The van der Waals surface area contributed by atoms with E-state index in [1.165, 1.54) is 26.7 Å². The van der Waals surface area contributed by atoms with Crippen LogP contribution in [-0.4, -0.2) is 38.7 Å². The number of ether oxygens (including phenoxy) is 3. The molecule has 24 heavy (non-hydrogen) atoms. The summed E-state index contributed by atoms with van der Waals surface area (Å²) in [5.74, 6) is 0.597. The van der Waals surface area contributed by atoms with Crippen molar-refractivity contribution in [2.24, 2.45) is 5.92 Å². The van der Waals surface area contributed by atoms with E-state index in [1.54, 1.807) is 12.1 Å². The third-order valence-electron chi connectivity index (χ3n) is 4.41. The monoisotopic (exact) mass is 335 g/mol. The lowest BCUT2D eigenvalue weighted by Gasteiger charge is -2.29. The van der Waals surface area contributed by atoms with Crippen molar-refractivity contribution in [2.45, 2.75) is 38.6 Å². The number of benzene rings is 1. The molecule has 1 saturated carbocycles. The molecule has 1 N–H and O–H groups in total. The number of amides is 1. The molecule has 6 nitrogen and oxygen atoms in total. The second kappa shape index (κ2) is 8.57. The van der Waals surface area contributed by atoms with Gasteiger partial charge in [0.15, 0.2) is 18.1 Å². The van der Waals surface area contributed by atoms with Crippen molar-refractivity contribution in [1.29, 1.82) is 0 Å². The summed E-state index contributed by atoms with van der Waals surface area (Å²) in [5, 5.41) is 2.96. The average Bonchev–Trinajstić information content (AvgIpc) is 2.61. The van der Waals surface area contributed by atoms with Crippen molar-refractivity contribution in [1.82, 2.24) is 5.32 Å². The number of carbonyl (C=O) groups excluding carboxylic acids is 2. The zero-order valence-electron chi connectivity index (χ0n) is 14.5. The number of nitrogens with one attached hydrogen (secondary N) is 1. The molecule has 1 aromatic carbocycles. The van der Waals surface area contributed by atoms with Gasteiger partial charge in [0.1, 0.15) is 0 Å². The van der Waals surface area contributed by atoms with Crippen molar-refractivity contribution in [3.8, 4) is 11.5 Å². The highest BCUT2D eigenvalue weighted by Gasteiger charge is 2.23. The molecule has 0 aliphatic heterocycles. The largest absolute Gasteiger partial charge is 0.493 e. The van der Waals surface area contributed by atoms with E-state index in [2.05, 4.69) is 12.2 Å². The van der Waals surface area contributed by atoms with Crippen LogP contribution in [0.5, 0.6) is 11.5 Å². The predicted molar refractivity (Wildman–Crippen MR) is 89.4 cm³/mol. The molecular weight excluding hydrogens is 310 g/mol. The van der Waals surface area contributed by atoms with Gasteiger partial charge in [0, 0.05) is 6.04 Å². The van der Waals surface area contributed by atoms with Crippen LogP contribution >= 0.6 is 0 Å². The summed E-state index contributed by atoms with van der Waals surface area (Å²) in [6, 6.07) is 4.90. The summed E-state index contributed by atoms with van der Waals surface area (Å²) in [4.78, 5) is 24.1. The van der Waals surface area contributed by atoms with E-state index in [9.17, 15) is 9.59 Å². The summed E-state index contributed by atoms with van der Waals surface area (Å²) in [6.45, 7) is 1.86. The topological polar surface area (TPSA) is 73.9 Å². The predicted octanol–water partition coefficient (Wildman–Crippen LogP) is 2.56. The first kappa shape index (κ1) is 18.1. The molecule has 2 rings (SSSR count). The van der Waals surface area contributed by atoms with Crippen LogP contribution in [0.1, 0.15) is 43.0 Å². The Bertz CT molecular complexity index is 587. The Morgan fingerprint density at radius 1 is 1.12 bits per heavy atom. The van der Waals surface area contributed by atoms with Gasteiger partial charge in [-0.25, -0.2) is 4.79 Å². The summed E-state index contributed by atoms with van der Waals surface area (Å²) in [7, 11) is 3.01. The van der Waals surface area contributed by atoms with E-state index in [0.29, 0.717) is 23.0 Å². The SMILES string of the molecule is COc1ccc(C(=O)OCC(=O)N[C@@H]2CCCC[C@@H]2C)cc1OC. The standard InChI is InChI=1S/C18H25NO5/c1-12-6-4-5-7-14(12)19-17(20)11-24-18(21)13-8-9-15(22-2)16(10-13)23-3/h8-10,12,14H,4-7,11H2,1-3H3,(H,19,20)/t12-,14+/m0/s1. The van der Waals surface area contributed by atoms with E-state index in [1.807, 2.05) is 0 Å². The lowest BCUT2D eigenvalue weighted by molar-refractivity contribution is -0.125. The van der Waals surface area contributed by atoms with E-state index in [4.69, 9.17) is 14.2 Å². The van der Waals surface area contributed by atoms with Crippen LogP contribution in [0.4, 0.5) is 0 Å². The molecule has 0 unspecified atom stereocenters. The highest BCUT2D eigenvalue weighted by Crippen LogP contribution is 2.27. The minimum absolute atomic E-state index is 0.172. The molecule has 132 valence electrons. The van der Waals surface area contributed by atoms with Crippen LogP contribution in [0.25, 0.3) is 0 Å². The smallest absolute Gasteiger partial charge is 0.338 e. The third-order valence-corrected chi connectivity index (χ3v) is 4.41. The number of rotatable bonds is 6. The van der Waals surface area contributed by atoms with E-state index in [0.717, 1.165) is 19.3 Å².